The van der Waals surface area contributed by atoms with Gasteiger partial charge in [0.1, 0.15) is 11.5 Å². The van der Waals surface area contributed by atoms with E-state index in [-0.39, 0.29) is 5.82 Å². The van der Waals surface area contributed by atoms with Gasteiger partial charge in [-0.3, -0.25) is 0 Å². The molecule has 0 amide bonds. The number of oxime groups is 1. The number of fused-ring (bicyclic) bond motifs is 1. The molecule has 0 radical (unpaired) electrons. The zero-order chi connectivity index (χ0) is 14.1. The van der Waals surface area contributed by atoms with Gasteiger partial charge in [-0.25, -0.2) is 4.39 Å². The van der Waals surface area contributed by atoms with Gasteiger partial charge in [0.2, 0.25) is 0 Å². The summed E-state index contributed by atoms with van der Waals surface area (Å²) < 4.78 is 12.9. The van der Waals surface area contributed by atoms with E-state index in [0.29, 0.717) is 17.2 Å². The van der Waals surface area contributed by atoms with Gasteiger partial charge >= 0.3 is 0 Å². The normalized spacial score (nSPS) is 17.7. The summed E-state index contributed by atoms with van der Waals surface area (Å²) in [7, 11) is 0. The molecule has 0 unspecified atom stereocenters. The molecule has 100 valence electrons. The SMILES string of the molecule is ON=C1/C(=C/c2ccc(F)cc2)Cc2cc(Cl)ccc21. The minimum absolute atomic E-state index is 0.273. The Labute approximate surface area is 120 Å². The van der Waals surface area contributed by atoms with E-state index in [1.165, 1.54) is 12.1 Å². The minimum Gasteiger partial charge on any atom is -0.410 e. The number of rotatable bonds is 1. The van der Waals surface area contributed by atoms with Crippen LogP contribution < -0.4 is 0 Å². The molecule has 3 rings (SSSR count). The lowest BCUT2D eigenvalue weighted by molar-refractivity contribution is 0.319. The summed E-state index contributed by atoms with van der Waals surface area (Å²) in [4.78, 5) is 0. The molecule has 2 nitrogen and oxygen atoms in total. The zero-order valence-electron chi connectivity index (χ0n) is 10.5. The van der Waals surface area contributed by atoms with Crippen LogP contribution in [0.15, 0.2) is 53.2 Å². The van der Waals surface area contributed by atoms with Gasteiger partial charge in [0, 0.05) is 17.0 Å². The first-order valence-electron chi connectivity index (χ1n) is 6.15. The highest BCUT2D eigenvalue weighted by atomic mass is 35.5. The van der Waals surface area contributed by atoms with Crippen LogP contribution in [0.25, 0.3) is 6.08 Å². The smallest absolute Gasteiger partial charge is 0.123 e. The van der Waals surface area contributed by atoms with Gasteiger partial charge in [-0.05, 0) is 47.0 Å². The lowest BCUT2D eigenvalue weighted by atomic mass is 10.1. The maximum atomic E-state index is 12.9. The summed E-state index contributed by atoms with van der Waals surface area (Å²) in [5.41, 5.74) is 4.20. The molecule has 2 aromatic carbocycles. The third-order valence-electron chi connectivity index (χ3n) is 3.32. The van der Waals surface area contributed by atoms with Gasteiger partial charge in [0.05, 0.1) is 0 Å². The van der Waals surface area contributed by atoms with Crippen molar-refractivity contribution in [2.45, 2.75) is 6.42 Å². The molecule has 1 aliphatic rings. The lowest BCUT2D eigenvalue weighted by Crippen LogP contribution is -1.97. The first kappa shape index (κ1) is 12.9. The molecule has 0 saturated carbocycles. The average Bonchev–Trinajstić information content (AvgIpc) is 2.77. The summed E-state index contributed by atoms with van der Waals surface area (Å²) in [6.07, 6.45) is 2.54. The number of halogens is 2. The van der Waals surface area contributed by atoms with Crippen molar-refractivity contribution in [3.8, 4) is 0 Å². The third-order valence-corrected chi connectivity index (χ3v) is 3.55. The van der Waals surface area contributed by atoms with Crippen LogP contribution in [0.5, 0.6) is 0 Å². The standard InChI is InChI=1S/C16H11ClFNO/c17-13-3-6-15-11(9-13)8-12(16(15)19-20)7-10-1-4-14(18)5-2-10/h1-7,9,20H,8H2/b12-7+,19-16?. The van der Waals surface area contributed by atoms with Crippen LogP contribution >= 0.6 is 11.6 Å². The number of nitrogens with zero attached hydrogens (tertiary/aromatic N) is 1. The molecule has 0 atom stereocenters. The second kappa shape index (κ2) is 5.10. The third kappa shape index (κ3) is 2.32. The summed E-state index contributed by atoms with van der Waals surface area (Å²) in [5, 5.41) is 13.3. The molecule has 0 aromatic heterocycles. The molecule has 0 bridgehead atoms. The molecular formula is C16H11ClFNO. The van der Waals surface area contributed by atoms with Crippen LogP contribution in [0.1, 0.15) is 16.7 Å². The van der Waals surface area contributed by atoms with Crippen LogP contribution in [0.2, 0.25) is 5.02 Å². The fraction of sp³-hybridized carbons (Fsp3) is 0.0625. The highest BCUT2D eigenvalue weighted by Crippen LogP contribution is 2.30. The second-order valence-electron chi connectivity index (χ2n) is 4.65. The highest BCUT2D eigenvalue weighted by Gasteiger charge is 2.23. The Bertz CT molecular complexity index is 720. The summed E-state index contributed by atoms with van der Waals surface area (Å²) in [6.45, 7) is 0. The quantitative estimate of drug-likeness (QED) is 0.616. The number of hydrogen-bond acceptors (Lipinski definition) is 2. The van der Waals surface area contributed by atoms with Crippen molar-refractivity contribution in [3.05, 3.63) is 75.6 Å². The summed E-state index contributed by atoms with van der Waals surface area (Å²) >= 11 is 5.98. The van der Waals surface area contributed by atoms with Crippen molar-refractivity contribution in [1.82, 2.24) is 0 Å². The molecule has 0 fully saturated rings. The summed E-state index contributed by atoms with van der Waals surface area (Å²) in [5.74, 6) is -0.273. The van der Waals surface area contributed by atoms with Crippen molar-refractivity contribution in [1.29, 1.82) is 0 Å². The van der Waals surface area contributed by atoms with Crippen molar-refractivity contribution < 1.29 is 9.60 Å². The van der Waals surface area contributed by atoms with E-state index in [4.69, 9.17) is 11.6 Å². The Morgan fingerprint density at radius 2 is 1.90 bits per heavy atom. The molecule has 4 heteroatoms. The highest BCUT2D eigenvalue weighted by molar-refractivity contribution is 6.31. The van der Waals surface area contributed by atoms with Gasteiger partial charge in [-0.1, -0.05) is 35.0 Å². The van der Waals surface area contributed by atoms with Crippen molar-refractivity contribution in [2.75, 3.05) is 0 Å². The van der Waals surface area contributed by atoms with E-state index >= 15 is 0 Å². The molecule has 0 spiro atoms. The predicted octanol–water partition coefficient (Wildman–Crippen LogP) is 4.30. The molecule has 0 aliphatic heterocycles. The van der Waals surface area contributed by atoms with E-state index in [9.17, 15) is 9.60 Å². The topological polar surface area (TPSA) is 32.6 Å². The van der Waals surface area contributed by atoms with Crippen LogP contribution in [-0.4, -0.2) is 10.9 Å². The lowest BCUT2D eigenvalue weighted by Gasteiger charge is -1.99. The maximum Gasteiger partial charge on any atom is 0.123 e. The monoisotopic (exact) mass is 287 g/mol. The van der Waals surface area contributed by atoms with Crippen LogP contribution in [0.4, 0.5) is 4.39 Å². The Morgan fingerprint density at radius 3 is 2.60 bits per heavy atom. The molecule has 20 heavy (non-hydrogen) atoms. The molecule has 2 aromatic rings. The number of hydrogen-bond donors (Lipinski definition) is 1. The fourth-order valence-electron chi connectivity index (χ4n) is 2.40. The maximum absolute atomic E-state index is 12.9. The van der Waals surface area contributed by atoms with Crippen LogP contribution in [0.3, 0.4) is 0 Å². The molecule has 0 saturated heterocycles. The van der Waals surface area contributed by atoms with Crippen molar-refractivity contribution in [3.63, 3.8) is 0 Å². The largest absolute Gasteiger partial charge is 0.410 e. The van der Waals surface area contributed by atoms with Crippen molar-refractivity contribution in [2.24, 2.45) is 5.16 Å². The number of allylic oxidation sites excluding steroid dienone is 1. The van der Waals surface area contributed by atoms with Gasteiger partial charge in [-0.2, -0.15) is 0 Å². The fourth-order valence-corrected chi connectivity index (χ4v) is 2.59. The molecule has 1 N–H and O–H groups in total. The Kier molecular flexibility index (Phi) is 3.28. The molecule has 1 aliphatic carbocycles. The van der Waals surface area contributed by atoms with E-state index < -0.39 is 0 Å². The number of benzene rings is 2. The van der Waals surface area contributed by atoms with E-state index in [2.05, 4.69) is 5.16 Å². The first-order valence-corrected chi connectivity index (χ1v) is 6.52. The Balaban J connectivity index is 2.02. The van der Waals surface area contributed by atoms with Gasteiger partial charge in [0.15, 0.2) is 0 Å². The minimum atomic E-state index is -0.273. The molecule has 0 heterocycles. The summed E-state index contributed by atoms with van der Waals surface area (Å²) in [6, 6.07) is 11.7. The van der Waals surface area contributed by atoms with Gasteiger partial charge < -0.3 is 5.21 Å². The van der Waals surface area contributed by atoms with Gasteiger partial charge in [0.25, 0.3) is 0 Å². The Hall–Kier alpha value is -2.13. The van der Waals surface area contributed by atoms with Crippen LogP contribution in [0, 0.1) is 5.82 Å². The van der Waals surface area contributed by atoms with Crippen molar-refractivity contribution >= 4 is 23.4 Å². The predicted molar refractivity (Wildman–Crippen MR) is 77.9 cm³/mol. The second-order valence-corrected chi connectivity index (χ2v) is 5.08. The van der Waals surface area contributed by atoms with E-state index in [1.807, 2.05) is 18.2 Å². The van der Waals surface area contributed by atoms with Crippen LogP contribution in [-0.2, 0) is 6.42 Å². The molecular weight excluding hydrogens is 277 g/mol. The van der Waals surface area contributed by atoms with E-state index in [0.717, 1.165) is 22.3 Å². The average molecular weight is 288 g/mol. The van der Waals surface area contributed by atoms with E-state index in [1.54, 1.807) is 18.2 Å². The zero-order valence-corrected chi connectivity index (χ0v) is 11.2. The Morgan fingerprint density at radius 1 is 1.15 bits per heavy atom. The first-order chi connectivity index (χ1) is 9.67. The van der Waals surface area contributed by atoms with Gasteiger partial charge in [-0.15, -0.1) is 0 Å².